The Morgan fingerprint density at radius 1 is 1.15 bits per heavy atom. The molecule has 0 amide bonds. The molecule has 82 valence electrons. The lowest BCUT2D eigenvalue weighted by Gasteiger charge is -2.29. The lowest BCUT2D eigenvalue weighted by atomic mass is 10.1. The summed E-state index contributed by atoms with van der Waals surface area (Å²) in [4.78, 5) is 1.93. The predicted octanol–water partition coefficient (Wildman–Crippen LogP) is 2.04. The second-order valence-corrected chi connectivity index (χ2v) is 2.81. The molecule has 1 heterocycles. The van der Waals surface area contributed by atoms with E-state index in [1.165, 1.54) is 0 Å². The quantitative estimate of drug-likeness (QED) is 0.636. The molecule has 0 radical (unpaired) electrons. The van der Waals surface area contributed by atoms with E-state index < -0.39 is 6.17 Å². The van der Waals surface area contributed by atoms with Gasteiger partial charge in [0.1, 0.15) is 6.17 Å². The second kappa shape index (κ2) is 9.93. The maximum atomic E-state index is 12.6. The summed E-state index contributed by atoms with van der Waals surface area (Å²) in [5, 5.41) is 0. The maximum Gasteiger partial charge on any atom is 0.114 e. The molecule has 0 aromatic carbocycles. The molecule has 13 heavy (non-hydrogen) atoms. The van der Waals surface area contributed by atoms with Crippen molar-refractivity contribution in [3.05, 3.63) is 0 Å². The molecule has 2 nitrogen and oxygen atoms in total. The number of nitrogens with two attached hydrogens (primary N) is 1. The molecule has 0 spiro atoms. The van der Waals surface area contributed by atoms with Crippen molar-refractivity contribution >= 4 is 0 Å². The van der Waals surface area contributed by atoms with Crippen LogP contribution in [0.3, 0.4) is 0 Å². The first-order valence-corrected chi connectivity index (χ1v) is 5.26. The molecule has 2 N–H and O–H groups in total. The molecule has 2 atom stereocenters. The Kier molecular flexibility index (Phi) is 11.7. The first-order chi connectivity index (χ1) is 6.18. The zero-order valence-electron chi connectivity index (χ0n) is 9.68. The summed E-state index contributed by atoms with van der Waals surface area (Å²) in [6.45, 7) is 9.38. The smallest absolute Gasteiger partial charge is 0.114 e. The minimum Gasteiger partial charge on any atom is -0.326 e. The van der Waals surface area contributed by atoms with Crippen LogP contribution < -0.4 is 5.73 Å². The molecule has 0 aromatic heterocycles. The lowest BCUT2D eigenvalue weighted by molar-refractivity contribution is 0.147. The van der Waals surface area contributed by atoms with Crippen molar-refractivity contribution in [3.8, 4) is 0 Å². The molecule has 1 aliphatic rings. The molecule has 2 unspecified atom stereocenters. The van der Waals surface area contributed by atoms with Crippen LogP contribution in [-0.2, 0) is 0 Å². The van der Waals surface area contributed by atoms with Crippen LogP contribution in [0.4, 0.5) is 4.39 Å². The lowest BCUT2D eigenvalue weighted by Crippen LogP contribution is -2.45. The summed E-state index contributed by atoms with van der Waals surface area (Å²) in [6, 6.07) is 0.0405. The monoisotopic (exact) mass is 192 g/mol. The fourth-order valence-electron chi connectivity index (χ4n) is 1.29. The van der Waals surface area contributed by atoms with Crippen molar-refractivity contribution in [3.63, 3.8) is 0 Å². The maximum absolute atomic E-state index is 12.6. The van der Waals surface area contributed by atoms with Gasteiger partial charge in [-0.25, -0.2) is 4.39 Å². The number of likely N-dealkylation sites (N-methyl/N-ethyl adjacent to an activating group) is 1. The average Bonchev–Trinajstić information content (AvgIpc) is 2.09. The zero-order valence-corrected chi connectivity index (χ0v) is 9.68. The molecule has 1 saturated heterocycles. The second-order valence-electron chi connectivity index (χ2n) is 2.81. The highest BCUT2D eigenvalue weighted by Crippen LogP contribution is 2.09. The minimum absolute atomic E-state index is 0.0405. The van der Waals surface area contributed by atoms with E-state index in [-0.39, 0.29) is 6.04 Å². The Balaban J connectivity index is 0. The Hall–Kier alpha value is -0.150. The van der Waals surface area contributed by atoms with Gasteiger partial charge in [-0.2, -0.15) is 0 Å². The number of halogens is 1. The third-order valence-corrected chi connectivity index (χ3v) is 1.61. The van der Waals surface area contributed by atoms with E-state index in [1.54, 1.807) is 0 Å². The van der Waals surface area contributed by atoms with Crippen molar-refractivity contribution in [2.75, 3.05) is 20.1 Å². The fourth-order valence-corrected chi connectivity index (χ4v) is 1.29. The summed E-state index contributed by atoms with van der Waals surface area (Å²) < 4.78 is 12.6. The number of piperidine rings is 1. The van der Waals surface area contributed by atoms with Crippen LogP contribution in [-0.4, -0.2) is 37.3 Å². The Morgan fingerprint density at radius 3 is 1.92 bits per heavy atom. The Morgan fingerprint density at radius 2 is 1.62 bits per heavy atom. The third-order valence-electron chi connectivity index (χ3n) is 1.61. The van der Waals surface area contributed by atoms with Crippen molar-refractivity contribution in [1.29, 1.82) is 0 Å². The molecule has 1 aliphatic heterocycles. The first kappa shape index (κ1) is 15.3. The van der Waals surface area contributed by atoms with Gasteiger partial charge in [0, 0.05) is 19.1 Å². The van der Waals surface area contributed by atoms with E-state index in [4.69, 9.17) is 5.73 Å². The normalized spacial score (nSPS) is 27.9. The molecule has 0 aromatic rings. The summed E-state index contributed by atoms with van der Waals surface area (Å²) in [5.41, 5.74) is 5.53. The van der Waals surface area contributed by atoms with Crippen LogP contribution in [0.1, 0.15) is 34.1 Å². The minimum atomic E-state index is -0.709. The van der Waals surface area contributed by atoms with Gasteiger partial charge < -0.3 is 10.6 Å². The Bertz CT molecular complexity index is 73.9. The number of nitrogens with zero attached hydrogens (tertiary/aromatic N) is 1. The zero-order chi connectivity index (χ0) is 10.9. The Labute approximate surface area is 82.3 Å². The highest BCUT2D eigenvalue weighted by molar-refractivity contribution is 4.78. The van der Waals surface area contributed by atoms with Gasteiger partial charge in [0.05, 0.1) is 0 Å². The van der Waals surface area contributed by atoms with Gasteiger partial charge in [-0.05, 0) is 13.5 Å². The molecule has 0 bridgehead atoms. The first-order valence-electron chi connectivity index (χ1n) is 5.26. The molecule has 1 fully saturated rings. The van der Waals surface area contributed by atoms with Gasteiger partial charge in [0.15, 0.2) is 0 Å². The van der Waals surface area contributed by atoms with Gasteiger partial charge in [-0.3, -0.25) is 0 Å². The average molecular weight is 192 g/mol. The summed E-state index contributed by atoms with van der Waals surface area (Å²) in [7, 11) is 1.89. The van der Waals surface area contributed by atoms with Crippen LogP contribution in [0.5, 0.6) is 0 Å². The van der Waals surface area contributed by atoms with Crippen molar-refractivity contribution in [2.24, 2.45) is 5.73 Å². The third kappa shape index (κ3) is 8.19. The highest BCUT2D eigenvalue weighted by Gasteiger charge is 2.21. The largest absolute Gasteiger partial charge is 0.326 e. The number of rotatable bonds is 0. The van der Waals surface area contributed by atoms with Crippen LogP contribution in [0.25, 0.3) is 0 Å². The topological polar surface area (TPSA) is 29.3 Å². The molecule has 0 saturated carbocycles. The van der Waals surface area contributed by atoms with Gasteiger partial charge in [-0.1, -0.05) is 27.7 Å². The van der Waals surface area contributed by atoms with Crippen molar-refractivity contribution in [1.82, 2.24) is 4.90 Å². The molecule has 0 aliphatic carbocycles. The van der Waals surface area contributed by atoms with E-state index in [1.807, 2.05) is 39.6 Å². The van der Waals surface area contributed by atoms with Crippen molar-refractivity contribution in [2.45, 2.75) is 46.3 Å². The van der Waals surface area contributed by atoms with Gasteiger partial charge in [-0.15, -0.1) is 0 Å². The SMILES string of the molecule is CC.CC.CN1CC(N)CC(F)C1. The van der Waals surface area contributed by atoms with Crippen LogP contribution >= 0.6 is 0 Å². The van der Waals surface area contributed by atoms with Crippen molar-refractivity contribution < 1.29 is 4.39 Å². The van der Waals surface area contributed by atoms with E-state index >= 15 is 0 Å². The number of likely N-dealkylation sites (tertiary alicyclic amines) is 1. The van der Waals surface area contributed by atoms with E-state index in [9.17, 15) is 4.39 Å². The molecular formula is C10H25FN2. The molecule has 1 rings (SSSR count). The number of hydrogen-bond acceptors (Lipinski definition) is 2. The predicted molar refractivity (Wildman–Crippen MR) is 57.7 cm³/mol. The summed E-state index contributed by atoms with van der Waals surface area (Å²) in [6.07, 6.45) is -0.177. The van der Waals surface area contributed by atoms with Crippen LogP contribution in [0.15, 0.2) is 0 Å². The van der Waals surface area contributed by atoms with Crippen LogP contribution in [0, 0.1) is 0 Å². The van der Waals surface area contributed by atoms with Gasteiger partial charge in [0.25, 0.3) is 0 Å². The number of alkyl halides is 1. The number of hydrogen-bond donors (Lipinski definition) is 1. The summed E-state index contributed by atoms with van der Waals surface area (Å²) >= 11 is 0. The van der Waals surface area contributed by atoms with Crippen LogP contribution in [0.2, 0.25) is 0 Å². The van der Waals surface area contributed by atoms with E-state index in [0.717, 1.165) is 6.54 Å². The van der Waals surface area contributed by atoms with E-state index in [0.29, 0.717) is 13.0 Å². The molecular weight excluding hydrogens is 167 g/mol. The highest BCUT2D eigenvalue weighted by atomic mass is 19.1. The summed E-state index contributed by atoms with van der Waals surface area (Å²) in [5.74, 6) is 0. The molecule has 3 heteroatoms. The fraction of sp³-hybridized carbons (Fsp3) is 1.00. The van der Waals surface area contributed by atoms with Gasteiger partial charge >= 0.3 is 0 Å². The van der Waals surface area contributed by atoms with E-state index in [2.05, 4.69) is 0 Å². The van der Waals surface area contributed by atoms with Gasteiger partial charge in [0.2, 0.25) is 0 Å². The standard InChI is InChI=1S/C6H13FN2.2C2H6/c1-9-3-5(7)2-6(8)4-9;2*1-2/h5-6H,2-4,8H2,1H3;2*1-2H3.